The minimum atomic E-state index is -0.436. The van der Waals surface area contributed by atoms with E-state index in [0.29, 0.717) is 6.42 Å². The number of hydrogen-bond acceptors (Lipinski definition) is 3. The number of carbonyl (C=O) groups is 2. The largest absolute Gasteiger partial charge is 0.463 e. The molecule has 1 aromatic carbocycles. The SMILES string of the molecule is CCc1cc(F)cc(C(=O)NCCC(=O)OC(C)C)c1. The number of benzene rings is 1. The van der Waals surface area contributed by atoms with Crippen molar-refractivity contribution in [1.29, 1.82) is 0 Å². The molecule has 0 heterocycles. The molecule has 4 nitrogen and oxygen atoms in total. The Labute approximate surface area is 118 Å². The van der Waals surface area contributed by atoms with Crippen LogP contribution in [0.3, 0.4) is 0 Å². The first-order valence-electron chi connectivity index (χ1n) is 6.69. The molecule has 0 unspecified atom stereocenters. The van der Waals surface area contributed by atoms with Gasteiger partial charge in [-0.3, -0.25) is 9.59 Å². The lowest BCUT2D eigenvalue weighted by Crippen LogP contribution is -2.27. The van der Waals surface area contributed by atoms with E-state index in [4.69, 9.17) is 4.74 Å². The quantitative estimate of drug-likeness (QED) is 0.815. The van der Waals surface area contributed by atoms with Crippen molar-refractivity contribution < 1.29 is 18.7 Å². The second kappa shape index (κ2) is 7.62. The molecule has 0 aromatic heterocycles. The molecule has 1 rings (SSSR count). The Morgan fingerprint density at radius 1 is 1.30 bits per heavy atom. The van der Waals surface area contributed by atoms with Gasteiger partial charge in [0.05, 0.1) is 12.5 Å². The van der Waals surface area contributed by atoms with Crippen molar-refractivity contribution in [3.63, 3.8) is 0 Å². The highest BCUT2D eigenvalue weighted by atomic mass is 19.1. The lowest BCUT2D eigenvalue weighted by Gasteiger charge is -2.09. The lowest BCUT2D eigenvalue weighted by molar-refractivity contribution is -0.147. The number of aryl methyl sites for hydroxylation is 1. The fourth-order valence-corrected chi connectivity index (χ4v) is 1.69. The van der Waals surface area contributed by atoms with Gasteiger partial charge in [0.25, 0.3) is 5.91 Å². The van der Waals surface area contributed by atoms with Crippen molar-refractivity contribution in [2.45, 2.75) is 39.7 Å². The number of ether oxygens (including phenoxy) is 1. The normalized spacial score (nSPS) is 10.4. The topological polar surface area (TPSA) is 55.4 Å². The number of hydrogen-bond donors (Lipinski definition) is 1. The molecule has 0 aliphatic rings. The molecular formula is C15H20FNO3. The molecule has 0 fully saturated rings. The number of halogens is 1. The molecule has 0 radical (unpaired) electrons. The minimum absolute atomic E-state index is 0.0971. The van der Waals surface area contributed by atoms with E-state index in [1.807, 2.05) is 6.92 Å². The summed E-state index contributed by atoms with van der Waals surface area (Å²) in [6.45, 7) is 5.58. The first-order valence-corrected chi connectivity index (χ1v) is 6.69. The first kappa shape index (κ1) is 16.1. The van der Waals surface area contributed by atoms with Crippen LogP contribution in [-0.4, -0.2) is 24.5 Å². The third kappa shape index (κ3) is 5.38. The molecule has 1 amide bonds. The predicted molar refractivity (Wildman–Crippen MR) is 74.0 cm³/mol. The maximum Gasteiger partial charge on any atom is 0.307 e. The van der Waals surface area contributed by atoms with Crippen LogP contribution in [0.5, 0.6) is 0 Å². The fraction of sp³-hybridized carbons (Fsp3) is 0.467. The van der Waals surface area contributed by atoms with Crippen LogP contribution in [0, 0.1) is 5.82 Å². The van der Waals surface area contributed by atoms with Crippen molar-refractivity contribution in [2.24, 2.45) is 0 Å². The van der Waals surface area contributed by atoms with Crippen LogP contribution in [-0.2, 0) is 16.0 Å². The van der Waals surface area contributed by atoms with Gasteiger partial charge in [0.2, 0.25) is 0 Å². The highest BCUT2D eigenvalue weighted by Gasteiger charge is 2.10. The summed E-state index contributed by atoms with van der Waals surface area (Å²) in [5, 5.41) is 2.58. The van der Waals surface area contributed by atoms with Crippen molar-refractivity contribution in [3.05, 3.63) is 35.1 Å². The zero-order chi connectivity index (χ0) is 15.1. The summed E-state index contributed by atoms with van der Waals surface area (Å²) in [6, 6.07) is 4.22. The molecule has 0 atom stereocenters. The van der Waals surface area contributed by atoms with Gasteiger partial charge in [-0.25, -0.2) is 4.39 Å². The zero-order valence-corrected chi connectivity index (χ0v) is 12.0. The van der Waals surface area contributed by atoms with Crippen molar-refractivity contribution in [3.8, 4) is 0 Å². The van der Waals surface area contributed by atoms with Gasteiger partial charge in [0.15, 0.2) is 0 Å². The number of esters is 1. The van der Waals surface area contributed by atoms with E-state index in [-0.39, 0.29) is 30.6 Å². The summed E-state index contributed by atoms with van der Waals surface area (Å²) < 4.78 is 18.3. The van der Waals surface area contributed by atoms with E-state index in [1.54, 1.807) is 19.9 Å². The number of carbonyl (C=O) groups excluding carboxylic acids is 2. The maximum atomic E-state index is 13.3. The lowest BCUT2D eigenvalue weighted by atomic mass is 10.1. The van der Waals surface area contributed by atoms with E-state index in [9.17, 15) is 14.0 Å². The van der Waals surface area contributed by atoms with Crippen LogP contribution in [0.1, 0.15) is 43.1 Å². The molecular weight excluding hydrogens is 261 g/mol. The Morgan fingerprint density at radius 2 is 2.00 bits per heavy atom. The van der Waals surface area contributed by atoms with Crippen LogP contribution in [0.4, 0.5) is 4.39 Å². The van der Waals surface area contributed by atoms with Gasteiger partial charge in [-0.05, 0) is 44.0 Å². The minimum Gasteiger partial charge on any atom is -0.463 e. The van der Waals surface area contributed by atoms with Crippen molar-refractivity contribution in [2.75, 3.05) is 6.54 Å². The number of rotatable bonds is 6. The molecule has 0 spiro atoms. The predicted octanol–water partition coefficient (Wildman–Crippen LogP) is 2.46. The molecule has 0 saturated carbocycles. The summed E-state index contributed by atoms with van der Waals surface area (Å²) >= 11 is 0. The molecule has 0 bridgehead atoms. The highest BCUT2D eigenvalue weighted by molar-refractivity contribution is 5.94. The average Bonchev–Trinajstić information content (AvgIpc) is 2.36. The average molecular weight is 281 g/mol. The monoisotopic (exact) mass is 281 g/mol. The van der Waals surface area contributed by atoms with Gasteiger partial charge < -0.3 is 10.1 Å². The van der Waals surface area contributed by atoms with Gasteiger partial charge in [-0.1, -0.05) is 6.92 Å². The van der Waals surface area contributed by atoms with Gasteiger partial charge in [-0.15, -0.1) is 0 Å². The van der Waals surface area contributed by atoms with E-state index >= 15 is 0 Å². The van der Waals surface area contributed by atoms with Gasteiger partial charge in [0.1, 0.15) is 5.82 Å². The van der Waals surface area contributed by atoms with Gasteiger partial charge >= 0.3 is 5.97 Å². The molecule has 5 heteroatoms. The first-order chi connectivity index (χ1) is 9.42. The highest BCUT2D eigenvalue weighted by Crippen LogP contribution is 2.10. The summed E-state index contributed by atoms with van der Waals surface area (Å²) in [5.41, 5.74) is 1.02. The van der Waals surface area contributed by atoms with Gasteiger partial charge in [0, 0.05) is 12.1 Å². The molecule has 20 heavy (non-hydrogen) atoms. The van der Waals surface area contributed by atoms with E-state index in [0.717, 1.165) is 5.56 Å². The van der Waals surface area contributed by atoms with Crippen molar-refractivity contribution in [1.82, 2.24) is 5.32 Å². The Balaban J connectivity index is 2.51. The zero-order valence-electron chi connectivity index (χ0n) is 12.0. The second-order valence-corrected chi connectivity index (χ2v) is 4.75. The second-order valence-electron chi connectivity index (χ2n) is 4.75. The summed E-state index contributed by atoms with van der Waals surface area (Å²) in [4.78, 5) is 23.1. The van der Waals surface area contributed by atoms with Gasteiger partial charge in [-0.2, -0.15) is 0 Å². The summed E-state index contributed by atoms with van der Waals surface area (Å²) in [5.74, 6) is -1.20. The Bertz CT molecular complexity index is 486. The standard InChI is InChI=1S/C15H20FNO3/c1-4-11-7-12(9-13(16)8-11)15(19)17-6-5-14(18)20-10(2)3/h7-10H,4-6H2,1-3H3,(H,17,19). The van der Waals surface area contributed by atoms with Crippen LogP contribution in [0.2, 0.25) is 0 Å². The van der Waals surface area contributed by atoms with Crippen LogP contribution in [0.25, 0.3) is 0 Å². The molecule has 0 saturated heterocycles. The van der Waals surface area contributed by atoms with Crippen LogP contribution < -0.4 is 5.32 Å². The Morgan fingerprint density at radius 3 is 2.60 bits per heavy atom. The van der Waals surface area contributed by atoms with Crippen LogP contribution in [0.15, 0.2) is 18.2 Å². The molecule has 0 aliphatic carbocycles. The number of amides is 1. The Hall–Kier alpha value is -1.91. The summed E-state index contributed by atoms with van der Waals surface area (Å²) in [7, 11) is 0. The molecule has 0 aliphatic heterocycles. The Kier molecular flexibility index (Phi) is 6.15. The third-order valence-electron chi connectivity index (χ3n) is 2.61. The summed E-state index contributed by atoms with van der Waals surface area (Å²) in [6.07, 6.45) is 0.576. The maximum absolute atomic E-state index is 13.3. The number of nitrogens with one attached hydrogen (secondary N) is 1. The van der Waals surface area contributed by atoms with Crippen LogP contribution >= 0.6 is 0 Å². The molecule has 1 N–H and O–H groups in total. The van der Waals surface area contributed by atoms with E-state index in [2.05, 4.69) is 5.32 Å². The van der Waals surface area contributed by atoms with Crippen molar-refractivity contribution >= 4 is 11.9 Å². The van der Waals surface area contributed by atoms with E-state index < -0.39 is 11.7 Å². The van der Waals surface area contributed by atoms with E-state index in [1.165, 1.54) is 12.1 Å². The third-order valence-corrected chi connectivity index (χ3v) is 2.61. The molecule has 1 aromatic rings. The molecule has 110 valence electrons. The smallest absolute Gasteiger partial charge is 0.307 e. The fourth-order valence-electron chi connectivity index (χ4n) is 1.69.